The molecule has 2 N–H and O–H groups in total. The van der Waals surface area contributed by atoms with Gasteiger partial charge < -0.3 is 5.32 Å². The van der Waals surface area contributed by atoms with Gasteiger partial charge in [0.2, 0.25) is 10.0 Å². The van der Waals surface area contributed by atoms with Crippen molar-refractivity contribution >= 4 is 10.0 Å². The number of hydrogen-bond acceptors (Lipinski definition) is 3. The van der Waals surface area contributed by atoms with Crippen LogP contribution in [0.2, 0.25) is 0 Å². The average molecular weight is 270 g/mol. The van der Waals surface area contributed by atoms with E-state index in [0.717, 1.165) is 6.42 Å². The first kappa shape index (κ1) is 15.1. The molecule has 1 atom stereocenters. The molecule has 0 amide bonds. The zero-order chi connectivity index (χ0) is 13.6. The normalized spacial score (nSPS) is 13.5. The van der Waals surface area contributed by atoms with Crippen LogP contribution in [-0.2, 0) is 16.4 Å². The third-order valence-corrected chi connectivity index (χ3v) is 4.81. The summed E-state index contributed by atoms with van der Waals surface area (Å²) < 4.78 is 26.3. The van der Waals surface area contributed by atoms with Gasteiger partial charge in [-0.15, -0.1) is 0 Å². The molecule has 5 heteroatoms. The predicted molar refractivity (Wildman–Crippen MR) is 75.2 cm³/mol. The quantitative estimate of drug-likeness (QED) is 0.779. The molecule has 0 heterocycles. The Balaban J connectivity index is 2.49. The molecule has 0 radical (unpaired) electrons. The number of aryl methyl sites for hydroxylation is 1. The Kier molecular flexibility index (Phi) is 5.78. The van der Waals surface area contributed by atoms with Gasteiger partial charge in [0.25, 0.3) is 0 Å². The molecule has 0 aliphatic heterocycles. The first-order chi connectivity index (χ1) is 8.47. The van der Waals surface area contributed by atoms with Gasteiger partial charge in [-0.1, -0.05) is 24.3 Å². The molecular weight excluding hydrogens is 248 g/mol. The summed E-state index contributed by atoms with van der Waals surface area (Å²) in [5, 5.41) is 2.45. The Morgan fingerprint density at radius 2 is 1.94 bits per heavy atom. The maximum Gasteiger partial charge on any atom is 0.215 e. The molecule has 0 aliphatic rings. The van der Waals surface area contributed by atoms with Crippen molar-refractivity contribution in [3.8, 4) is 0 Å². The van der Waals surface area contributed by atoms with Gasteiger partial charge in [0.1, 0.15) is 0 Å². The van der Waals surface area contributed by atoms with E-state index >= 15 is 0 Å². The van der Waals surface area contributed by atoms with E-state index < -0.39 is 15.3 Å². The van der Waals surface area contributed by atoms with E-state index in [2.05, 4.69) is 10.0 Å². The molecule has 18 heavy (non-hydrogen) atoms. The largest absolute Gasteiger partial charge is 0.318 e. The topological polar surface area (TPSA) is 58.2 Å². The van der Waals surface area contributed by atoms with Crippen LogP contribution in [-0.4, -0.2) is 33.8 Å². The summed E-state index contributed by atoms with van der Waals surface area (Å²) in [5.74, 6) is 0. The van der Waals surface area contributed by atoms with Gasteiger partial charge >= 0.3 is 0 Å². The highest BCUT2D eigenvalue weighted by Gasteiger charge is 2.18. The zero-order valence-electron chi connectivity index (χ0n) is 11.2. The smallest absolute Gasteiger partial charge is 0.215 e. The van der Waals surface area contributed by atoms with E-state index in [0.29, 0.717) is 13.1 Å². The highest BCUT2D eigenvalue weighted by molar-refractivity contribution is 7.90. The Hall–Kier alpha value is -0.910. The minimum Gasteiger partial charge on any atom is -0.318 e. The van der Waals surface area contributed by atoms with Crippen LogP contribution >= 0.6 is 0 Å². The minimum absolute atomic E-state index is 0.417. The Morgan fingerprint density at radius 1 is 1.28 bits per heavy atom. The molecule has 0 aliphatic carbocycles. The van der Waals surface area contributed by atoms with Crippen LogP contribution in [0.4, 0.5) is 0 Å². The van der Waals surface area contributed by atoms with Gasteiger partial charge in [-0.25, -0.2) is 13.1 Å². The fraction of sp³-hybridized carbons (Fsp3) is 0.538. The lowest BCUT2D eigenvalue weighted by Crippen LogP contribution is -2.38. The van der Waals surface area contributed by atoms with Gasteiger partial charge in [0.05, 0.1) is 5.25 Å². The van der Waals surface area contributed by atoms with Crippen molar-refractivity contribution in [2.45, 2.75) is 25.5 Å². The second-order valence-electron chi connectivity index (χ2n) is 4.48. The van der Waals surface area contributed by atoms with Crippen molar-refractivity contribution in [3.63, 3.8) is 0 Å². The minimum atomic E-state index is -3.22. The summed E-state index contributed by atoms with van der Waals surface area (Å²) in [6.07, 6.45) is 0.720. The van der Waals surface area contributed by atoms with Crippen LogP contribution in [0.3, 0.4) is 0 Å². The van der Waals surface area contributed by atoms with Gasteiger partial charge in [-0.2, -0.15) is 0 Å². The molecule has 1 rings (SSSR count). The standard InChI is InChI=1S/C13H22N2O2S/c1-11-6-4-5-7-13(11)8-9-15-18(16,17)12(2)10-14-3/h4-7,12,14-15H,8-10H2,1-3H3. The van der Waals surface area contributed by atoms with E-state index in [1.807, 2.05) is 31.2 Å². The zero-order valence-corrected chi connectivity index (χ0v) is 12.0. The lowest BCUT2D eigenvalue weighted by Gasteiger charge is -2.13. The van der Waals surface area contributed by atoms with Gasteiger partial charge in [0, 0.05) is 13.1 Å². The molecule has 0 bridgehead atoms. The first-order valence-electron chi connectivity index (χ1n) is 6.15. The van der Waals surface area contributed by atoms with E-state index in [1.165, 1.54) is 11.1 Å². The lowest BCUT2D eigenvalue weighted by atomic mass is 10.1. The summed E-state index contributed by atoms with van der Waals surface area (Å²) in [7, 11) is -1.47. The summed E-state index contributed by atoms with van der Waals surface area (Å²) in [6, 6.07) is 8.02. The van der Waals surface area contributed by atoms with Gasteiger partial charge in [-0.05, 0) is 38.4 Å². The molecule has 1 aromatic carbocycles. The maximum absolute atomic E-state index is 11.8. The number of benzene rings is 1. The van der Waals surface area contributed by atoms with Crippen LogP contribution < -0.4 is 10.0 Å². The fourth-order valence-corrected chi connectivity index (χ4v) is 2.82. The second kappa shape index (κ2) is 6.87. The molecule has 4 nitrogen and oxygen atoms in total. The summed E-state index contributed by atoms with van der Waals surface area (Å²) in [5.41, 5.74) is 2.38. The number of hydrogen-bond donors (Lipinski definition) is 2. The molecule has 0 aromatic heterocycles. The summed E-state index contributed by atoms with van der Waals surface area (Å²) >= 11 is 0. The molecule has 1 unspecified atom stereocenters. The van der Waals surface area contributed by atoms with Crippen molar-refractivity contribution < 1.29 is 8.42 Å². The van der Waals surface area contributed by atoms with Gasteiger partial charge in [-0.3, -0.25) is 0 Å². The molecular formula is C13H22N2O2S. The van der Waals surface area contributed by atoms with Crippen LogP contribution in [0.15, 0.2) is 24.3 Å². The molecule has 102 valence electrons. The van der Waals surface area contributed by atoms with Crippen LogP contribution in [0.25, 0.3) is 0 Å². The molecule has 0 fully saturated rings. The third-order valence-electron chi connectivity index (χ3n) is 2.98. The first-order valence-corrected chi connectivity index (χ1v) is 7.69. The van der Waals surface area contributed by atoms with Gasteiger partial charge in [0.15, 0.2) is 0 Å². The van der Waals surface area contributed by atoms with Crippen LogP contribution in [0.1, 0.15) is 18.1 Å². The Labute approximate surface area is 110 Å². The van der Waals surface area contributed by atoms with Crippen molar-refractivity contribution in [1.29, 1.82) is 0 Å². The molecule has 0 saturated heterocycles. The van der Waals surface area contributed by atoms with E-state index in [9.17, 15) is 8.42 Å². The predicted octanol–water partition coefficient (Wildman–Crippen LogP) is 1.06. The lowest BCUT2D eigenvalue weighted by molar-refractivity contribution is 0.563. The van der Waals surface area contributed by atoms with Crippen LogP contribution in [0.5, 0.6) is 0 Å². The van der Waals surface area contributed by atoms with Crippen molar-refractivity contribution in [2.75, 3.05) is 20.1 Å². The Bertz CT molecular complexity index is 472. The molecule has 1 aromatic rings. The Morgan fingerprint density at radius 3 is 2.56 bits per heavy atom. The monoisotopic (exact) mass is 270 g/mol. The van der Waals surface area contributed by atoms with E-state index in [-0.39, 0.29) is 0 Å². The third kappa shape index (κ3) is 4.40. The number of nitrogens with one attached hydrogen (secondary N) is 2. The highest BCUT2D eigenvalue weighted by atomic mass is 32.2. The molecule has 0 spiro atoms. The number of sulfonamides is 1. The SMILES string of the molecule is CNCC(C)S(=O)(=O)NCCc1ccccc1C. The summed E-state index contributed by atoms with van der Waals surface area (Å²) in [6.45, 7) is 4.64. The van der Waals surface area contributed by atoms with E-state index in [1.54, 1.807) is 14.0 Å². The summed E-state index contributed by atoms with van der Waals surface area (Å²) in [4.78, 5) is 0. The fourth-order valence-electron chi connectivity index (χ4n) is 1.76. The average Bonchev–Trinajstić information content (AvgIpc) is 2.32. The molecule has 0 saturated carbocycles. The van der Waals surface area contributed by atoms with Crippen molar-refractivity contribution in [2.24, 2.45) is 0 Å². The highest BCUT2D eigenvalue weighted by Crippen LogP contribution is 2.07. The van der Waals surface area contributed by atoms with Crippen molar-refractivity contribution in [3.05, 3.63) is 35.4 Å². The van der Waals surface area contributed by atoms with Crippen LogP contribution in [0, 0.1) is 6.92 Å². The maximum atomic E-state index is 11.8. The van der Waals surface area contributed by atoms with E-state index in [4.69, 9.17) is 0 Å². The van der Waals surface area contributed by atoms with Crippen molar-refractivity contribution in [1.82, 2.24) is 10.0 Å². The number of rotatable bonds is 7. The second-order valence-corrected chi connectivity index (χ2v) is 6.67.